The van der Waals surface area contributed by atoms with Crippen LogP contribution in [0.15, 0.2) is 22.8 Å². The second-order valence-corrected chi connectivity index (χ2v) is 5.61. The molecule has 0 bridgehead atoms. The molecule has 1 heterocycles. The lowest BCUT2D eigenvalue weighted by Gasteiger charge is -2.37. The van der Waals surface area contributed by atoms with Crippen LogP contribution in [0.25, 0.3) is 0 Å². The highest BCUT2D eigenvalue weighted by Crippen LogP contribution is 2.33. The van der Waals surface area contributed by atoms with Gasteiger partial charge in [-0.05, 0) is 31.4 Å². The molecular weight excluding hydrogens is 254 g/mol. The molecule has 1 aromatic rings. The van der Waals surface area contributed by atoms with Crippen molar-refractivity contribution in [2.45, 2.75) is 57.2 Å². The predicted octanol–water partition coefficient (Wildman–Crippen LogP) is 1.79. The largest absolute Gasteiger partial charge is 0.468 e. The van der Waals surface area contributed by atoms with Crippen molar-refractivity contribution in [3.8, 4) is 0 Å². The maximum atomic E-state index is 11.5. The van der Waals surface area contributed by atoms with Gasteiger partial charge in [-0.25, -0.2) is 0 Å². The molecule has 1 aliphatic carbocycles. The van der Waals surface area contributed by atoms with Crippen molar-refractivity contribution in [2.24, 2.45) is 11.5 Å². The summed E-state index contributed by atoms with van der Waals surface area (Å²) in [6, 6.07) is 4.02. The van der Waals surface area contributed by atoms with E-state index in [1.165, 1.54) is 12.8 Å². The molecule has 5 nitrogen and oxygen atoms in total. The zero-order chi connectivity index (χ0) is 14.5. The Balaban J connectivity index is 2.27. The Morgan fingerprint density at radius 1 is 1.50 bits per heavy atom. The van der Waals surface area contributed by atoms with E-state index in [0.717, 1.165) is 25.0 Å². The summed E-state index contributed by atoms with van der Waals surface area (Å²) in [4.78, 5) is 13.6. The fourth-order valence-corrected chi connectivity index (χ4v) is 3.17. The second kappa shape index (κ2) is 6.90. The number of nitrogens with zero attached hydrogens (tertiary/aromatic N) is 1. The zero-order valence-electron chi connectivity index (χ0n) is 12.1. The van der Waals surface area contributed by atoms with Gasteiger partial charge in [-0.1, -0.05) is 19.8 Å². The molecule has 1 amide bonds. The summed E-state index contributed by atoms with van der Waals surface area (Å²) in [5, 5.41) is 0. The van der Waals surface area contributed by atoms with Crippen molar-refractivity contribution in [3.05, 3.63) is 24.2 Å². The summed E-state index contributed by atoms with van der Waals surface area (Å²) in [7, 11) is 0. The molecule has 20 heavy (non-hydrogen) atoms. The van der Waals surface area contributed by atoms with Crippen molar-refractivity contribution in [2.75, 3.05) is 6.54 Å². The Hall–Kier alpha value is -1.33. The SMILES string of the molecule is CCC(N)C(c1ccco1)N(CC(N)=O)C1CCCC1. The van der Waals surface area contributed by atoms with Gasteiger partial charge < -0.3 is 15.9 Å². The average molecular weight is 279 g/mol. The third kappa shape index (κ3) is 3.41. The lowest BCUT2D eigenvalue weighted by molar-refractivity contribution is -0.120. The maximum absolute atomic E-state index is 11.5. The number of hydrogen-bond acceptors (Lipinski definition) is 4. The monoisotopic (exact) mass is 279 g/mol. The minimum absolute atomic E-state index is 0.0684. The van der Waals surface area contributed by atoms with Gasteiger partial charge in [0, 0.05) is 12.1 Å². The Morgan fingerprint density at radius 3 is 2.70 bits per heavy atom. The topological polar surface area (TPSA) is 85.5 Å². The summed E-state index contributed by atoms with van der Waals surface area (Å²) in [6.45, 7) is 2.29. The Labute approximate surface area is 120 Å². The Bertz CT molecular complexity index is 413. The van der Waals surface area contributed by atoms with Gasteiger partial charge in [-0.3, -0.25) is 9.69 Å². The van der Waals surface area contributed by atoms with Crippen LogP contribution in [0.4, 0.5) is 0 Å². The van der Waals surface area contributed by atoms with Crippen LogP contribution in [-0.4, -0.2) is 29.4 Å². The van der Waals surface area contributed by atoms with E-state index >= 15 is 0 Å². The highest BCUT2D eigenvalue weighted by atomic mass is 16.3. The number of carbonyl (C=O) groups is 1. The van der Waals surface area contributed by atoms with Crippen molar-refractivity contribution in [3.63, 3.8) is 0 Å². The quantitative estimate of drug-likeness (QED) is 0.796. The number of primary amides is 1. The van der Waals surface area contributed by atoms with E-state index in [2.05, 4.69) is 11.8 Å². The minimum atomic E-state index is -0.309. The van der Waals surface area contributed by atoms with E-state index in [1.807, 2.05) is 12.1 Å². The molecule has 1 fully saturated rings. The van der Waals surface area contributed by atoms with E-state index < -0.39 is 0 Å². The predicted molar refractivity (Wildman–Crippen MR) is 77.9 cm³/mol. The minimum Gasteiger partial charge on any atom is -0.468 e. The van der Waals surface area contributed by atoms with Gasteiger partial charge >= 0.3 is 0 Å². The number of furan rings is 1. The van der Waals surface area contributed by atoms with Crippen molar-refractivity contribution in [1.82, 2.24) is 4.90 Å². The van der Waals surface area contributed by atoms with E-state index in [-0.39, 0.29) is 24.5 Å². The molecule has 2 atom stereocenters. The van der Waals surface area contributed by atoms with Gasteiger partial charge in [0.2, 0.25) is 5.91 Å². The molecule has 112 valence electrons. The van der Waals surface area contributed by atoms with Gasteiger partial charge in [0.1, 0.15) is 5.76 Å². The average Bonchev–Trinajstić information content (AvgIpc) is 3.10. The van der Waals surface area contributed by atoms with Gasteiger partial charge in [0.15, 0.2) is 0 Å². The molecule has 0 radical (unpaired) electrons. The number of amides is 1. The lowest BCUT2D eigenvalue weighted by Crippen LogP contribution is -2.48. The third-order valence-electron chi connectivity index (χ3n) is 4.20. The van der Waals surface area contributed by atoms with Gasteiger partial charge in [0.25, 0.3) is 0 Å². The molecule has 2 rings (SSSR count). The molecule has 5 heteroatoms. The molecule has 2 unspecified atom stereocenters. The molecule has 4 N–H and O–H groups in total. The first-order valence-electron chi connectivity index (χ1n) is 7.46. The normalized spacial score (nSPS) is 19.4. The fourth-order valence-electron chi connectivity index (χ4n) is 3.17. The first kappa shape index (κ1) is 15.1. The van der Waals surface area contributed by atoms with E-state index in [0.29, 0.717) is 6.04 Å². The van der Waals surface area contributed by atoms with Crippen LogP contribution in [0, 0.1) is 0 Å². The molecule has 1 aliphatic rings. The van der Waals surface area contributed by atoms with Crippen LogP contribution in [0.5, 0.6) is 0 Å². The number of nitrogens with two attached hydrogens (primary N) is 2. The second-order valence-electron chi connectivity index (χ2n) is 5.61. The number of rotatable bonds is 7. The van der Waals surface area contributed by atoms with Crippen molar-refractivity contribution >= 4 is 5.91 Å². The van der Waals surface area contributed by atoms with Crippen LogP contribution >= 0.6 is 0 Å². The van der Waals surface area contributed by atoms with E-state index in [9.17, 15) is 4.79 Å². The van der Waals surface area contributed by atoms with Crippen LogP contribution < -0.4 is 11.5 Å². The molecule has 0 aromatic carbocycles. The van der Waals surface area contributed by atoms with Crippen LogP contribution in [0.1, 0.15) is 50.8 Å². The highest BCUT2D eigenvalue weighted by molar-refractivity contribution is 5.76. The van der Waals surface area contributed by atoms with Gasteiger partial charge in [0.05, 0.1) is 18.8 Å². The Morgan fingerprint density at radius 2 is 2.20 bits per heavy atom. The number of carbonyl (C=O) groups excluding carboxylic acids is 1. The lowest BCUT2D eigenvalue weighted by atomic mass is 9.99. The smallest absolute Gasteiger partial charge is 0.231 e. The number of hydrogen-bond donors (Lipinski definition) is 2. The maximum Gasteiger partial charge on any atom is 0.231 e. The first-order valence-corrected chi connectivity index (χ1v) is 7.46. The molecule has 0 aliphatic heterocycles. The molecule has 1 aromatic heterocycles. The van der Waals surface area contributed by atoms with Gasteiger partial charge in [-0.15, -0.1) is 0 Å². The first-order chi connectivity index (χ1) is 9.63. The summed E-state index contributed by atoms with van der Waals surface area (Å²) >= 11 is 0. The summed E-state index contributed by atoms with van der Waals surface area (Å²) < 4.78 is 5.57. The summed E-state index contributed by atoms with van der Waals surface area (Å²) in [5.74, 6) is 0.518. The molecular formula is C15H25N3O2. The van der Waals surface area contributed by atoms with Crippen LogP contribution in [-0.2, 0) is 4.79 Å². The molecule has 1 saturated carbocycles. The van der Waals surface area contributed by atoms with E-state index in [4.69, 9.17) is 15.9 Å². The summed E-state index contributed by atoms with van der Waals surface area (Å²) in [6.07, 6.45) is 7.08. The van der Waals surface area contributed by atoms with Crippen molar-refractivity contribution < 1.29 is 9.21 Å². The molecule has 0 saturated heterocycles. The van der Waals surface area contributed by atoms with Crippen LogP contribution in [0.3, 0.4) is 0 Å². The van der Waals surface area contributed by atoms with Gasteiger partial charge in [-0.2, -0.15) is 0 Å². The Kier molecular flexibility index (Phi) is 5.20. The van der Waals surface area contributed by atoms with E-state index in [1.54, 1.807) is 6.26 Å². The van der Waals surface area contributed by atoms with Crippen molar-refractivity contribution in [1.29, 1.82) is 0 Å². The third-order valence-corrected chi connectivity index (χ3v) is 4.20. The standard InChI is InChI=1S/C15H25N3O2/c1-2-12(16)15(13-8-5-9-20-13)18(10-14(17)19)11-6-3-4-7-11/h5,8-9,11-12,15H,2-4,6-7,10,16H2,1H3,(H2,17,19). The molecule has 0 spiro atoms. The summed E-state index contributed by atoms with van der Waals surface area (Å²) in [5.41, 5.74) is 11.7. The zero-order valence-corrected chi connectivity index (χ0v) is 12.1. The highest BCUT2D eigenvalue weighted by Gasteiger charge is 2.35. The fraction of sp³-hybridized carbons (Fsp3) is 0.667. The van der Waals surface area contributed by atoms with Crippen LogP contribution in [0.2, 0.25) is 0 Å².